The smallest absolute Gasteiger partial charge is 0.322 e. The summed E-state index contributed by atoms with van der Waals surface area (Å²) < 4.78 is 2.04. The van der Waals surface area contributed by atoms with Crippen molar-refractivity contribution in [2.45, 2.75) is 31.5 Å². The van der Waals surface area contributed by atoms with Crippen LogP contribution in [0.25, 0.3) is 5.69 Å². The summed E-state index contributed by atoms with van der Waals surface area (Å²) in [4.78, 5) is 47.6. The van der Waals surface area contributed by atoms with Crippen LogP contribution in [0.1, 0.15) is 50.3 Å². The molecule has 9 nitrogen and oxygen atoms in total. The van der Waals surface area contributed by atoms with Gasteiger partial charge < -0.3 is 10.6 Å². The molecule has 39 heavy (non-hydrogen) atoms. The second-order valence-electron chi connectivity index (χ2n) is 10.2. The summed E-state index contributed by atoms with van der Waals surface area (Å²) in [6.45, 7) is 1.98. The first-order chi connectivity index (χ1) is 18.9. The number of aliphatic imine (C=N–C) groups is 1. The summed E-state index contributed by atoms with van der Waals surface area (Å²) in [6.07, 6.45) is 1.77. The summed E-state index contributed by atoms with van der Waals surface area (Å²) in [5.41, 5.74) is 5.78. The summed E-state index contributed by atoms with van der Waals surface area (Å²) in [5.74, 6) is -0.0274. The minimum atomic E-state index is -0.987. The first-order valence-corrected chi connectivity index (χ1v) is 12.8. The van der Waals surface area contributed by atoms with Crippen molar-refractivity contribution in [2.24, 2.45) is 4.99 Å². The Bertz CT molecular complexity index is 1720. The highest BCUT2D eigenvalue weighted by Crippen LogP contribution is 2.34. The molecule has 3 heterocycles. The number of benzene rings is 3. The molecular weight excluding hydrogens is 492 g/mol. The van der Waals surface area contributed by atoms with Gasteiger partial charge in [-0.25, -0.2) is 9.78 Å². The highest BCUT2D eigenvalue weighted by atomic mass is 16.2. The number of amides is 4. The summed E-state index contributed by atoms with van der Waals surface area (Å²) >= 11 is 0. The van der Waals surface area contributed by atoms with Crippen LogP contribution in [0.5, 0.6) is 0 Å². The van der Waals surface area contributed by atoms with Gasteiger partial charge in [0.05, 0.1) is 11.4 Å². The van der Waals surface area contributed by atoms with E-state index in [4.69, 9.17) is 4.99 Å². The SMILES string of the molecule is Cc1cnc2n1-c1ccccc1C(c1ccccc1)=NC2NC(=O)c1ccc2c(c1)CC1(C2)NC(=O)NC1=O. The number of para-hydroxylation sites is 1. The normalized spacial score (nSPS) is 20.8. The Morgan fingerprint density at radius 3 is 2.56 bits per heavy atom. The molecule has 3 aliphatic rings. The van der Waals surface area contributed by atoms with Crippen LogP contribution in [-0.4, -0.2) is 38.6 Å². The van der Waals surface area contributed by atoms with Gasteiger partial charge in [0.1, 0.15) is 5.54 Å². The fourth-order valence-electron chi connectivity index (χ4n) is 5.81. The van der Waals surface area contributed by atoms with E-state index in [1.165, 1.54) is 0 Å². The molecule has 0 radical (unpaired) electrons. The van der Waals surface area contributed by atoms with Crippen molar-refractivity contribution in [1.82, 2.24) is 25.5 Å². The fourth-order valence-corrected chi connectivity index (χ4v) is 5.81. The third kappa shape index (κ3) is 3.65. The number of carbonyl (C=O) groups excluding carboxylic acids is 3. The molecule has 192 valence electrons. The number of carbonyl (C=O) groups is 3. The van der Waals surface area contributed by atoms with E-state index in [9.17, 15) is 14.4 Å². The Balaban J connectivity index is 1.26. The van der Waals surface area contributed by atoms with Gasteiger partial charge >= 0.3 is 6.03 Å². The molecule has 1 aromatic heterocycles. The Kier molecular flexibility index (Phi) is 5.03. The number of aryl methyl sites for hydroxylation is 1. The number of nitrogens with one attached hydrogen (secondary N) is 3. The van der Waals surface area contributed by atoms with Crippen molar-refractivity contribution >= 4 is 23.6 Å². The van der Waals surface area contributed by atoms with E-state index >= 15 is 0 Å². The molecule has 1 saturated heterocycles. The highest BCUT2D eigenvalue weighted by Gasteiger charge is 2.50. The van der Waals surface area contributed by atoms with Crippen molar-refractivity contribution in [3.05, 3.63) is 118 Å². The standard InChI is InChI=1S/C30H24N6O3/c1-17-16-31-26-25(32-24(18-7-3-2-4-8-18)22-9-5-6-10-23(22)36(17)26)33-27(37)19-11-12-20-14-30(15-21(20)13-19)28(38)34-29(39)35-30/h2-13,16,25H,14-15H2,1H3,(H,33,37)(H2,34,35,38,39). The molecule has 2 aliphatic heterocycles. The van der Waals surface area contributed by atoms with E-state index in [0.717, 1.165) is 39.3 Å². The summed E-state index contributed by atoms with van der Waals surface area (Å²) in [6, 6.07) is 22.8. The Labute approximate surface area is 224 Å². The molecule has 4 amide bonds. The Morgan fingerprint density at radius 1 is 1.00 bits per heavy atom. The monoisotopic (exact) mass is 516 g/mol. The van der Waals surface area contributed by atoms with Crippen molar-refractivity contribution in [3.63, 3.8) is 0 Å². The van der Waals surface area contributed by atoms with Gasteiger partial charge in [-0.15, -0.1) is 0 Å². The summed E-state index contributed by atoms with van der Waals surface area (Å²) in [7, 11) is 0. The molecule has 9 heteroatoms. The number of aromatic nitrogens is 2. The van der Waals surface area contributed by atoms with Crippen molar-refractivity contribution in [1.29, 1.82) is 0 Å². The number of urea groups is 1. The number of hydrogen-bond acceptors (Lipinski definition) is 5. The number of hydrogen-bond donors (Lipinski definition) is 3. The van der Waals surface area contributed by atoms with Crippen LogP contribution in [0.2, 0.25) is 0 Å². The minimum absolute atomic E-state index is 0.307. The minimum Gasteiger partial charge on any atom is -0.324 e. The molecule has 7 rings (SSSR count). The molecular formula is C30H24N6O3. The van der Waals surface area contributed by atoms with E-state index in [-0.39, 0.29) is 11.8 Å². The lowest BCUT2D eigenvalue weighted by molar-refractivity contribution is -0.123. The average Bonchev–Trinajstić information content (AvgIpc) is 3.56. The van der Waals surface area contributed by atoms with Crippen LogP contribution in [0.4, 0.5) is 4.79 Å². The third-order valence-electron chi connectivity index (χ3n) is 7.65. The lowest BCUT2D eigenvalue weighted by Gasteiger charge is -2.18. The Morgan fingerprint density at radius 2 is 1.77 bits per heavy atom. The van der Waals surface area contributed by atoms with Crippen LogP contribution in [0.3, 0.4) is 0 Å². The predicted molar refractivity (Wildman–Crippen MR) is 144 cm³/mol. The second-order valence-corrected chi connectivity index (χ2v) is 10.2. The van der Waals surface area contributed by atoms with Gasteiger partial charge in [0.25, 0.3) is 11.8 Å². The maximum Gasteiger partial charge on any atom is 0.322 e. The number of imidazole rings is 1. The molecule has 0 bridgehead atoms. The van der Waals surface area contributed by atoms with Gasteiger partial charge in [-0.1, -0.05) is 54.6 Å². The van der Waals surface area contributed by atoms with Crippen LogP contribution in [-0.2, 0) is 17.6 Å². The highest BCUT2D eigenvalue weighted by molar-refractivity contribution is 6.15. The molecule has 1 spiro atoms. The maximum absolute atomic E-state index is 13.6. The molecule has 2 atom stereocenters. The van der Waals surface area contributed by atoms with Crippen molar-refractivity contribution in [3.8, 4) is 5.69 Å². The van der Waals surface area contributed by atoms with Gasteiger partial charge in [0.2, 0.25) is 0 Å². The van der Waals surface area contributed by atoms with Crippen LogP contribution < -0.4 is 16.0 Å². The topological polar surface area (TPSA) is 117 Å². The first kappa shape index (κ1) is 23.1. The van der Waals surface area contributed by atoms with Gasteiger partial charge in [-0.3, -0.25) is 24.5 Å². The molecule has 2 unspecified atom stereocenters. The second kappa shape index (κ2) is 8.49. The summed E-state index contributed by atoms with van der Waals surface area (Å²) in [5, 5.41) is 8.18. The maximum atomic E-state index is 13.6. The molecule has 3 N–H and O–H groups in total. The van der Waals surface area contributed by atoms with E-state index in [1.54, 1.807) is 18.3 Å². The third-order valence-corrected chi connectivity index (χ3v) is 7.65. The van der Waals surface area contributed by atoms with E-state index in [0.29, 0.717) is 24.2 Å². The van der Waals surface area contributed by atoms with E-state index in [1.807, 2.05) is 72.2 Å². The quantitative estimate of drug-likeness (QED) is 0.363. The number of nitrogens with zero attached hydrogens (tertiary/aromatic N) is 3. The number of imide groups is 1. The first-order valence-electron chi connectivity index (χ1n) is 12.8. The number of rotatable bonds is 3. The van der Waals surface area contributed by atoms with Crippen molar-refractivity contribution < 1.29 is 14.4 Å². The lowest BCUT2D eigenvalue weighted by atomic mass is 9.96. The Hall–Kier alpha value is -5.05. The molecule has 1 aliphatic carbocycles. The average molecular weight is 517 g/mol. The van der Waals surface area contributed by atoms with Crippen molar-refractivity contribution in [2.75, 3.05) is 0 Å². The van der Waals surface area contributed by atoms with Gasteiger partial charge in [0, 0.05) is 41.4 Å². The molecule has 0 saturated carbocycles. The van der Waals surface area contributed by atoms with Gasteiger partial charge in [-0.2, -0.15) is 0 Å². The van der Waals surface area contributed by atoms with Gasteiger partial charge in [-0.05, 0) is 36.2 Å². The van der Waals surface area contributed by atoms with Crippen LogP contribution in [0.15, 0.2) is 84.0 Å². The zero-order valence-electron chi connectivity index (χ0n) is 21.1. The fraction of sp³-hybridized carbons (Fsp3) is 0.167. The van der Waals surface area contributed by atoms with Crippen LogP contribution in [0, 0.1) is 6.92 Å². The molecule has 4 aromatic rings. The lowest BCUT2D eigenvalue weighted by Crippen LogP contribution is -2.47. The zero-order valence-corrected chi connectivity index (χ0v) is 21.1. The largest absolute Gasteiger partial charge is 0.324 e. The molecule has 3 aromatic carbocycles. The van der Waals surface area contributed by atoms with Crippen LogP contribution >= 0.6 is 0 Å². The number of fused-ring (bicyclic) bond motifs is 4. The molecule has 1 fully saturated rings. The zero-order chi connectivity index (χ0) is 26.7. The predicted octanol–water partition coefficient (Wildman–Crippen LogP) is 3.14. The van der Waals surface area contributed by atoms with Gasteiger partial charge in [0.15, 0.2) is 12.0 Å². The van der Waals surface area contributed by atoms with E-state index < -0.39 is 17.7 Å². The van der Waals surface area contributed by atoms with E-state index in [2.05, 4.69) is 20.9 Å².